The molecule has 0 saturated carbocycles. The van der Waals surface area contributed by atoms with Crippen molar-refractivity contribution in [2.24, 2.45) is 0 Å². The van der Waals surface area contributed by atoms with Gasteiger partial charge in [0.05, 0.1) is 4.92 Å². The summed E-state index contributed by atoms with van der Waals surface area (Å²) in [4.78, 5) is 10.0. The number of allylic oxidation sites excluding steroid dienone is 4. The minimum Gasteiger partial charge on any atom is -0.259 e. The average molecular weight is 153 g/mol. The van der Waals surface area contributed by atoms with Gasteiger partial charge >= 0.3 is 0 Å². The summed E-state index contributed by atoms with van der Waals surface area (Å²) in [5, 5.41) is 10.3. The molecule has 3 heteroatoms. The van der Waals surface area contributed by atoms with Crippen LogP contribution in [0.5, 0.6) is 0 Å². The molecule has 3 nitrogen and oxygen atoms in total. The third kappa shape index (κ3) is 2.53. The maximum atomic E-state index is 10.3. The fourth-order valence-electron chi connectivity index (χ4n) is 1.08. The molecule has 0 radical (unpaired) electrons. The smallest absolute Gasteiger partial charge is 0.246 e. The fourth-order valence-corrected chi connectivity index (χ4v) is 1.08. The average Bonchev–Trinajstić information content (AvgIpc) is 1.84. The molecule has 0 heterocycles. The van der Waals surface area contributed by atoms with E-state index in [1.807, 2.05) is 6.08 Å². The maximum Gasteiger partial charge on any atom is 0.246 e. The van der Waals surface area contributed by atoms with Gasteiger partial charge in [-0.2, -0.15) is 0 Å². The van der Waals surface area contributed by atoms with Crippen molar-refractivity contribution < 1.29 is 4.92 Å². The van der Waals surface area contributed by atoms with Crippen molar-refractivity contribution >= 4 is 0 Å². The van der Waals surface area contributed by atoms with Crippen molar-refractivity contribution in [1.29, 1.82) is 0 Å². The zero-order valence-electron chi connectivity index (χ0n) is 6.32. The molecule has 0 aromatic rings. The van der Waals surface area contributed by atoms with Crippen LogP contribution in [0.2, 0.25) is 0 Å². The first-order chi connectivity index (χ1) is 5.30. The number of hydrogen-bond donors (Lipinski definition) is 0. The Morgan fingerprint density at radius 2 is 2.27 bits per heavy atom. The molecule has 0 fully saturated rings. The van der Waals surface area contributed by atoms with Crippen LogP contribution in [0, 0.1) is 10.1 Å². The van der Waals surface area contributed by atoms with Gasteiger partial charge in [-0.1, -0.05) is 12.2 Å². The summed E-state index contributed by atoms with van der Waals surface area (Å²) in [6, 6.07) is 0. The number of nitrogens with zero attached hydrogens (tertiary/aromatic N) is 1. The Labute approximate surface area is 65.6 Å². The highest BCUT2D eigenvalue weighted by Gasteiger charge is 2.08. The van der Waals surface area contributed by atoms with Gasteiger partial charge in [0.1, 0.15) is 0 Å². The lowest BCUT2D eigenvalue weighted by Gasteiger charge is -1.99. The van der Waals surface area contributed by atoms with E-state index in [0.717, 1.165) is 19.3 Å². The number of hydrogen-bond acceptors (Lipinski definition) is 2. The van der Waals surface area contributed by atoms with Gasteiger partial charge in [-0.05, 0) is 19.3 Å². The second kappa shape index (κ2) is 3.91. The van der Waals surface area contributed by atoms with Crippen molar-refractivity contribution in [2.45, 2.75) is 25.7 Å². The van der Waals surface area contributed by atoms with Gasteiger partial charge in [-0.3, -0.25) is 10.1 Å². The van der Waals surface area contributed by atoms with Crippen LogP contribution in [0.15, 0.2) is 23.9 Å². The minimum absolute atomic E-state index is 0.296. The molecular weight excluding hydrogens is 142 g/mol. The second-order valence-corrected chi connectivity index (χ2v) is 2.59. The second-order valence-electron chi connectivity index (χ2n) is 2.59. The highest BCUT2D eigenvalue weighted by Crippen LogP contribution is 2.12. The standard InChI is InChI=1S/C8H11NO2/c10-9(11)8-6-4-2-1-3-5-7-8/h2,4,6H,1,3,5,7H2/b4-2-,8-6+. The Kier molecular flexibility index (Phi) is 2.83. The highest BCUT2D eigenvalue weighted by molar-refractivity contribution is 5.08. The lowest BCUT2D eigenvalue weighted by atomic mass is 10.1. The van der Waals surface area contributed by atoms with Gasteiger partial charge < -0.3 is 0 Å². The van der Waals surface area contributed by atoms with Gasteiger partial charge in [-0.15, -0.1) is 0 Å². The topological polar surface area (TPSA) is 43.1 Å². The van der Waals surface area contributed by atoms with Gasteiger partial charge in [-0.25, -0.2) is 0 Å². The van der Waals surface area contributed by atoms with E-state index >= 15 is 0 Å². The van der Waals surface area contributed by atoms with Crippen LogP contribution in [0.1, 0.15) is 25.7 Å². The van der Waals surface area contributed by atoms with Crippen LogP contribution in [-0.2, 0) is 0 Å². The molecule has 1 rings (SSSR count). The first-order valence-electron chi connectivity index (χ1n) is 3.81. The predicted molar refractivity (Wildman–Crippen MR) is 42.7 cm³/mol. The molecule has 0 aliphatic heterocycles. The zero-order chi connectivity index (χ0) is 8.10. The van der Waals surface area contributed by atoms with Gasteiger partial charge in [0.25, 0.3) is 0 Å². The Hall–Kier alpha value is -1.12. The summed E-state index contributed by atoms with van der Waals surface area (Å²) >= 11 is 0. The minimum atomic E-state index is -0.296. The van der Waals surface area contributed by atoms with E-state index in [1.54, 1.807) is 12.2 Å². The van der Waals surface area contributed by atoms with E-state index in [9.17, 15) is 10.1 Å². The molecule has 1 aliphatic carbocycles. The van der Waals surface area contributed by atoms with E-state index in [0.29, 0.717) is 12.1 Å². The van der Waals surface area contributed by atoms with Crippen molar-refractivity contribution in [2.75, 3.05) is 0 Å². The SMILES string of the molecule is O=[N+]([O-])/C1=C/C=C\CCCC1. The van der Waals surface area contributed by atoms with Gasteiger partial charge in [0.2, 0.25) is 5.70 Å². The van der Waals surface area contributed by atoms with Crippen LogP contribution in [0.3, 0.4) is 0 Å². The Bertz CT molecular complexity index is 206. The third-order valence-electron chi connectivity index (χ3n) is 1.71. The summed E-state index contributed by atoms with van der Waals surface area (Å²) < 4.78 is 0. The number of nitro groups is 1. The molecule has 0 N–H and O–H groups in total. The number of rotatable bonds is 1. The monoisotopic (exact) mass is 153 g/mol. The molecule has 0 bridgehead atoms. The summed E-state index contributed by atoms with van der Waals surface area (Å²) in [5.41, 5.74) is 0.334. The molecule has 0 spiro atoms. The van der Waals surface area contributed by atoms with E-state index in [4.69, 9.17) is 0 Å². The van der Waals surface area contributed by atoms with Crippen LogP contribution in [-0.4, -0.2) is 4.92 Å². The first kappa shape index (κ1) is 7.98. The fraction of sp³-hybridized carbons (Fsp3) is 0.500. The molecule has 0 aromatic carbocycles. The van der Waals surface area contributed by atoms with Crippen LogP contribution >= 0.6 is 0 Å². The van der Waals surface area contributed by atoms with Gasteiger partial charge in [0.15, 0.2) is 0 Å². The van der Waals surface area contributed by atoms with E-state index in [-0.39, 0.29) is 4.92 Å². The Morgan fingerprint density at radius 1 is 1.45 bits per heavy atom. The molecule has 0 saturated heterocycles. The van der Waals surface area contributed by atoms with E-state index in [2.05, 4.69) is 0 Å². The molecule has 11 heavy (non-hydrogen) atoms. The summed E-state index contributed by atoms with van der Waals surface area (Å²) in [6.07, 6.45) is 8.98. The van der Waals surface area contributed by atoms with Crippen LogP contribution in [0.25, 0.3) is 0 Å². The quantitative estimate of drug-likeness (QED) is 0.428. The molecule has 0 amide bonds. The maximum absolute atomic E-state index is 10.3. The van der Waals surface area contributed by atoms with Crippen molar-refractivity contribution in [3.63, 3.8) is 0 Å². The van der Waals surface area contributed by atoms with Crippen LogP contribution in [0.4, 0.5) is 0 Å². The highest BCUT2D eigenvalue weighted by atomic mass is 16.6. The summed E-state index contributed by atoms with van der Waals surface area (Å²) in [7, 11) is 0. The lowest BCUT2D eigenvalue weighted by molar-refractivity contribution is -0.428. The van der Waals surface area contributed by atoms with Crippen molar-refractivity contribution in [3.05, 3.63) is 34.0 Å². The molecular formula is C8H11NO2. The molecule has 60 valence electrons. The Morgan fingerprint density at radius 3 is 3.00 bits per heavy atom. The summed E-state index contributed by atoms with van der Waals surface area (Å²) in [5.74, 6) is 0. The van der Waals surface area contributed by atoms with Crippen LogP contribution < -0.4 is 0 Å². The van der Waals surface area contributed by atoms with Crippen molar-refractivity contribution in [3.8, 4) is 0 Å². The lowest BCUT2D eigenvalue weighted by Crippen LogP contribution is -1.99. The first-order valence-corrected chi connectivity index (χ1v) is 3.81. The Balaban J connectivity index is 2.65. The van der Waals surface area contributed by atoms with E-state index < -0.39 is 0 Å². The normalized spacial score (nSPS) is 26.0. The molecule has 0 unspecified atom stereocenters. The predicted octanol–water partition coefficient (Wildman–Crippen LogP) is 2.28. The summed E-state index contributed by atoms with van der Waals surface area (Å²) in [6.45, 7) is 0. The van der Waals surface area contributed by atoms with Gasteiger partial charge in [0, 0.05) is 12.5 Å². The largest absolute Gasteiger partial charge is 0.259 e. The molecule has 1 aliphatic rings. The van der Waals surface area contributed by atoms with E-state index in [1.165, 1.54) is 0 Å². The van der Waals surface area contributed by atoms with Crippen molar-refractivity contribution in [1.82, 2.24) is 0 Å². The zero-order valence-corrected chi connectivity index (χ0v) is 6.32. The third-order valence-corrected chi connectivity index (χ3v) is 1.71. The molecule has 0 aromatic heterocycles. The molecule has 0 atom stereocenters.